The fourth-order valence-electron chi connectivity index (χ4n) is 4.11. The van der Waals surface area contributed by atoms with Crippen LogP contribution in [0.4, 0.5) is 10.5 Å². The molecule has 1 saturated heterocycles. The van der Waals surface area contributed by atoms with Crippen molar-refractivity contribution in [3.8, 4) is 0 Å². The first-order valence-electron chi connectivity index (χ1n) is 10.4. The van der Waals surface area contributed by atoms with Gasteiger partial charge in [-0.2, -0.15) is 0 Å². The van der Waals surface area contributed by atoms with Crippen LogP contribution in [0.5, 0.6) is 0 Å². The first-order chi connectivity index (χ1) is 14.4. The van der Waals surface area contributed by atoms with Gasteiger partial charge in [0.05, 0.1) is 0 Å². The first-order valence-corrected chi connectivity index (χ1v) is 10.4. The van der Waals surface area contributed by atoms with Crippen LogP contribution < -0.4 is 10.6 Å². The number of carbonyl (C=O) groups is 2. The van der Waals surface area contributed by atoms with E-state index >= 15 is 0 Å². The molecule has 6 nitrogen and oxygen atoms in total. The van der Waals surface area contributed by atoms with Gasteiger partial charge < -0.3 is 20.3 Å². The van der Waals surface area contributed by atoms with E-state index < -0.39 is 5.54 Å². The molecule has 2 aromatic carbocycles. The van der Waals surface area contributed by atoms with E-state index in [0.717, 1.165) is 22.4 Å². The van der Waals surface area contributed by atoms with Gasteiger partial charge in [0.15, 0.2) is 0 Å². The zero-order valence-electron chi connectivity index (χ0n) is 18.2. The maximum atomic E-state index is 13.2. The molecule has 6 heteroatoms. The molecule has 2 amide bonds. The summed E-state index contributed by atoms with van der Waals surface area (Å²) in [6.07, 6.45) is 0.692. The topological polar surface area (TPSA) is 70.7 Å². The Balaban J connectivity index is 1.65. The van der Waals surface area contributed by atoms with Crippen molar-refractivity contribution in [2.24, 2.45) is 0 Å². The normalized spacial score (nSPS) is 21.2. The maximum Gasteiger partial charge on any atom is 0.410 e. The molecule has 1 aliphatic heterocycles. The fourth-order valence-corrected chi connectivity index (χ4v) is 4.11. The minimum atomic E-state index is -0.732. The average Bonchev–Trinajstić information content (AvgIpc) is 2.75. The molecule has 3 rings (SSSR count). The van der Waals surface area contributed by atoms with Crippen molar-refractivity contribution in [1.82, 2.24) is 10.2 Å². The molecule has 2 aromatic rings. The van der Waals surface area contributed by atoms with Crippen LogP contribution in [0.25, 0.3) is 0 Å². The standard InChI is InChI=1S/C24H31N3O3/c1-17-9-8-10-18(2)21(17)26-22(28)24(25-4)13-14-27(19(3)15-24)23(29)30-16-20-11-6-5-7-12-20/h5-12,19,25H,13-16H2,1-4H3,(H,26,28). The molecule has 0 spiro atoms. The maximum absolute atomic E-state index is 13.2. The quantitative estimate of drug-likeness (QED) is 0.782. The van der Waals surface area contributed by atoms with Gasteiger partial charge in [0, 0.05) is 18.3 Å². The number of anilines is 1. The first kappa shape index (κ1) is 21.8. The number of benzene rings is 2. The van der Waals surface area contributed by atoms with Gasteiger partial charge in [0.2, 0.25) is 5.91 Å². The monoisotopic (exact) mass is 409 g/mol. The lowest BCUT2D eigenvalue weighted by Gasteiger charge is -2.44. The second-order valence-electron chi connectivity index (χ2n) is 8.09. The summed E-state index contributed by atoms with van der Waals surface area (Å²) in [6, 6.07) is 15.5. The Morgan fingerprint density at radius 2 is 1.77 bits per heavy atom. The van der Waals surface area contributed by atoms with Crippen LogP contribution in [-0.4, -0.2) is 42.1 Å². The number of hydrogen-bond acceptors (Lipinski definition) is 4. The lowest BCUT2D eigenvalue weighted by Crippen LogP contribution is -2.62. The molecule has 1 aliphatic rings. The third-order valence-corrected chi connectivity index (χ3v) is 6.03. The molecule has 0 saturated carbocycles. The highest BCUT2D eigenvalue weighted by atomic mass is 16.6. The molecule has 2 atom stereocenters. The lowest BCUT2D eigenvalue weighted by molar-refractivity contribution is -0.124. The summed E-state index contributed by atoms with van der Waals surface area (Å²) in [6.45, 7) is 6.63. The van der Waals surface area contributed by atoms with Crippen LogP contribution in [0.2, 0.25) is 0 Å². The Hall–Kier alpha value is -2.86. The molecule has 30 heavy (non-hydrogen) atoms. The van der Waals surface area contributed by atoms with E-state index in [1.807, 2.05) is 69.3 Å². The minimum Gasteiger partial charge on any atom is -0.445 e. The largest absolute Gasteiger partial charge is 0.445 e. The minimum absolute atomic E-state index is 0.0634. The molecule has 0 radical (unpaired) electrons. The van der Waals surface area contributed by atoms with Crippen molar-refractivity contribution >= 4 is 17.7 Å². The summed E-state index contributed by atoms with van der Waals surface area (Å²) in [5.41, 5.74) is 3.14. The highest BCUT2D eigenvalue weighted by molar-refractivity contribution is 5.99. The van der Waals surface area contributed by atoms with Gasteiger partial charge >= 0.3 is 6.09 Å². The van der Waals surface area contributed by atoms with Gasteiger partial charge in [-0.3, -0.25) is 4.79 Å². The number of likely N-dealkylation sites (N-methyl/N-ethyl adjacent to an activating group) is 1. The molecule has 2 unspecified atom stereocenters. The van der Waals surface area contributed by atoms with E-state index in [0.29, 0.717) is 19.4 Å². The van der Waals surface area contributed by atoms with Crippen LogP contribution in [0.15, 0.2) is 48.5 Å². The zero-order chi connectivity index (χ0) is 21.7. The Kier molecular flexibility index (Phi) is 6.77. The predicted octanol–water partition coefficient (Wildman–Crippen LogP) is 4.02. The Morgan fingerprint density at radius 1 is 1.10 bits per heavy atom. The molecule has 0 aromatic heterocycles. The zero-order valence-corrected chi connectivity index (χ0v) is 18.2. The third-order valence-electron chi connectivity index (χ3n) is 6.03. The number of ether oxygens (including phenoxy) is 1. The Morgan fingerprint density at radius 3 is 2.37 bits per heavy atom. The summed E-state index contributed by atoms with van der Waals surface area (Å²) >= 11 is 0. The summed E-state index contributed by atoms with van der Waals surface area (Å²) < 4.78 is 5.49. The molecule has 0 aliphatic carbocycles. The van der Waals surface area contributed by atoms with Crippen molar-refractivity contribution in [3.63, 3.8) is 0 Å². The smallest absolute Gasteiger partial charge is 0.410 e. The number of nitrogens with zero attached hydrogens (tertiary/aromatic N) is 1. The number of amides is 2. The fraction of sp³-hybridized carbons (Fsp3) is 0.417. The van der Waals surface area contributed by atoms with Crippen molar-refractivity contribution in [3.05, 3.63) is 65.2 Å². The Bertz CT molecular complexity index is 880. The number of nitrogens with one attached hydrogen (secondary N) is 2. The summed E-state index contributed by atoms with van der Waals surface area (Å²) in [5, 5.41) is 6.35. The Labute approximate surface area is 178 Å². The predicted molar refractivity (Wildman–Crippen MR) is 118 cm³/mol. The molecule has 160 valence electrons. The van der Waals surface area contributed by atoms with Crippen LogP contribution in [0.3, 0.4) is 0 Å². The summed E-state index contributed by atoms with van der Waals surface area (Å²) in [7, 11) is 1.81. The number of hydrogen-bond donors (Lipinski definition) is 2. The van der Waals surface area contributed by atoms with E-state index in [1.165, 1.54) is 0 Å². The molecule has 0 bridgehead atoms. The van der Waals surface area contributed by atoms with Gasteiger partial charge in [0.1, 0.15) is 12.1 Å². The van der Waals surface area contributed by atoms with Crippen LogP contribution in [0.1, 0.15) is 36.5 Å². The number of rotatable bonds is 5. The summed E-state index contributed by atoms with van der Waals surface area (Å²) in [5.74, 6) is -0.0634. The SMILES string of the molecule is CNC1(C(=O)Nc2c(C)cccc2C)CCN(C(=O)OCc2ccccc2)C(C)C1. The molecule has 1 fully saturated rings. The number of carbonyl (C=O) groups excluding carboxylic acids is 2. The number of likely N-dealkylation sites (tertiary alicyclic amines) is 1. The van der Waals surface area contributed by atoms with Gasteiger partial charge in [-0.05, 0) is 57.4 Å². The average molecular weight is 410 g/mol. The molecular weight excluding hydrogens is 378 g/mol. The van der Waals surface area contributed by atoms with Gasteiger partial charge in [-0.15, -0.1) is 0 Å². The van der Waals surface area contributed by atoms with Crippen LogP contribution in [-0.2, 0) is 16.1 Å². The van der Waals surface area contributed by atoms with Gasteiger partial charge in [-0.25, -0.2) is 4.79 Å². The van der Waals surface area contributed by atoms with E-state index in [9.17, 15) is 9.59 Å². The van der Waals surface area contributed by atoms with Crippen molar-refractivity contribution in [1.29, 1.82) is 0 Å². The van der Waals surface area contributed by atoms with E-state index in [2.05, 4.69) is 10.6 Å². The highest BCUT2D eigenvalue weighted by Crippen LogP contribution is 2.30. The molecule has 1 heterocycles. The number of para-hydroxylation sites is 1. The molecule has 2 N–H and O–H groups in total. The van der Waals surface area contributed by atoms with Crippen molar-refractivity contribution in [2.45, 2.75) is 51.8 Å². The van der Waals surface area contributed by atoms with Gasteiger partial charge in [-0.1, -0.05) is 48.5 Å². The summed E-state index contributed by atoms with van der Waals surface area (Å²) in [4.78, 5) is 27.6. The molecular formula is C24H31N3O3. The van der Waals surface area contributed by atoms with Gasteiger partial charge in [0.25, 0.3) is 0 Å². The highest BCUT2D eigenvalue weighted by Gasteiger charge is 2.44. The number of aryl methyl sites for hydroxylation is 2. The second kappa shape index (κ2) is 9.30. The lowest BCUT2D eigenvalue weighted by atomic mass is 9.82. The third kappa shape index (κ3) is 4.65. The van der Waals surface area contributed by atoms with Crippen molar-refractivity contribution in [2.75, 3.05) is 18.9 Å². The van der Waals surface area contributed by atoms with E-state index in [-0.39, 0.29) is 24.6 Å². The van der Waals surface area contributed by atoms with E-state index in [4.69, 9.17) is 4.74 Å². The van der Waals surface area contributed by atoms with Crippen LogP contribution >= 0.6 is 0 Å². The number of piperidine rings is 1. The van der Waals surface area contributed by atoms with E-state index in [1.54, 1.807) is 11.9 Å². The van der Waals surface area contributed by atoms with Crippen LogP contribution in [0, 0.1) is 13.8 Å². The second-order valence-corrected chi connectivity index (χ2v) is 8.09. The van der Waals surface area contributed by atoms with Crippen molar-refractivity contribution < 1.29 is 14.3 Å².